The number of hydrogen-bond donors (Lipinski definition) is 0. The summed E-state index contributed by atoms with van der Waals surface area (Å²) in [6.07, 6.45) is 1.80. The maximum atomic E-state index is 13.3. The molecule has 5 heteroatoms. The molecule has 0 radical (unpaired) electrons. The molecule has 1 saturated carbocycles. The van der Waals surface area contributed by atoms with Gasteiger partial charge < -0.3 is 4.74 Å². The van der Waals surface area contributed by atoms with Gasteiger partial charge in [-0.25, -0.2) is 4.79 Å². The lowest BCUT2D eigenvalue weighted by atomic mass is 9.63. The zero-order valence-corrected chi connectivity index (χ0v) is 19.5. The zero-order valence-electron chi connectivity index (χ0n) is 18.7. The van der Waals surface area contributed by atoms with E-state index < -0.39 is 17.8 Å². The molecule has 166 valence electrons. The van der Waals surface area contributed by atoms with Crippen LogP contribution in [-0.2, 0) is 20.7 Å². The molecule has 2 unspecified atom stereocenters. The highest BCUT2D eigenvalue weighted by Crippen LogP contribution is 2.48. The molecule has 1 fully saturated rings. The SMILES string of the molecule is CC1=C(C(=O)OCCc2ccccc2)C(c2ccccc2Cl)C2C(=O)CC(C)(C)CC2=N1. The average Bonchev–Trinajstić information content (AvgIpc) is 2.73. The van der Waals surface area contributed by atoms with Gasteiger partial charge in [0.2, 0.25) is 0 Å². The van der Waals surface area contributed by atoms with E-state index in [4.69, 9.17) is 21.3 Å². The van der Waals surface area contributed by atoms with Crippen LogP contribution in [0, 0.1) is 11.3 Å². The second kappa shape index (κ2) is 9.03. The molecule has 4 rings (SSSR count). The first kappa shape index (κ1) is 22.5. The molecule has 2 aromatic rings. The smallest absolute Gasteiger partial charge is 0.336 e. The summed E-state index contributed by atoms with van der Waals surface area (Å²) in [5.74, 6) is -1.29. The van der Waals surface area contributed by atoms with Gasteiger partial charge in [-0.15, -0.1) is 0 Å². The second-order valence-corrected chi connectivity index (χ2v) is 9.84. The fraction of sp³-hybridized carbons (Fsp3) is 0.370. The number of benzene rings is 2. The number of ketones is 1. The Labute approximate surface area is 194 Å². The van der Waals surface area contributed by atoms with E-state index in [2.05, 4.69) is 13.8 Å². The minimum Gasteiger partial charge on any atom is -0.462 e. The number of aliphatic imine (C=N–C) groups is 1. The number of Topliss-reactive ketones (excluding diaryl/α,β-unsaturated/α-hetero) is 1. The quantitative estimate of drug-likeness (QED) is 0.530. The molecule has 0 aromatic heterocycles. The van der Waals surface area contributed by atoms with E-state index in [0.717, 1.165) is 23.3 Å². The van der Waals surface area contributed by atoms with E-state index >= 15 is 0 Å². The normalized spacial score (nSPS) is 22.2. The number of carbonyl (C=O) groups is 2. The van der Waals surface area contributed by atoms with Crippen molar-refractivity contribution in [3.05, 3.63) is 82.0 Å². The van der Waals surface area contributed by atoms with Crippen LogP contribution in [0.3, 0.4) is 0 Å². The van der Waals surface area contributed by atoms with Crippen molar-refractivity contribution in [3.8, 4) is 0 Å². The number of ether oxygens (including phenoxy) is 1. The summed E-state index contributed by atoms with van der Waals surface area (Å²) in [5, 5.41) is 0.541. The maximum Gasteiger partial charge on any atom is 0.336 e. The summed E-state index contributed by atoms with van der Waals surface area (Å²) in [7, 11) is 0. The fourth-order valence-corrected chi connectivity index (χ4v) is 5.16. The zero-order chi connectivity index (χ0) is 22.9. The van der Waals surface area contributed by atoms with Crippen LogP contribution < -0.4 is 0 Å². The number of carbonyl (C=O) groups excluding carboxylic acids is 2. The lowest BCUT2D eigenvalue weighted by molar-refractivity contribution is -0.139. The molecule has 0 amide bonds. The van der Waals surface area contributed by atoms with Crippen LogP contribution in [0.1, 0.15) is 50.7 Å². The highest BCUT2D eigenvalue weighted by atomic mass is 35.5. The molecule has 0 bridgehead atoms. The van der Waals surface area contributed by atoms with Crippen molar-refractivity contribution in [1.29, 1.82) is 0 Å². The Morgan fingerprint density at radius 2 is 1.75 bits per heavy atom. The Kier molecular flexibility index (Phi) is 6.34. The summed E-state index contributed by atoms with van der Waals surface area (Å²) in [6, 6.07) is 17.3. The van der Waals surface area contributed by atoms with Gasteiger partial charge in [-0.1, -0.05) is 74.0 Å². The molecule has 2 atom stereocenters. The van der Waals surface area contributed by atoms with Crippen molar-refractivity contribution in [2.24, 2.45) is 16.3 Å². The van der Waals surface area contributed by atoms with Gasteiger partial charge >= 0.3 is 5.97 Å². The van der Waals surface area contributed by atoms with Crippen LogP contribution in [0.5, 0.6) is 0 Å². The Morgan fingerprint density at radius 1 is 1.06 bits per heavy atom. The van der Waals surface area contributed by atoms with Crippen molar-refractivity contribution in [3.63, 3.8) is 0 Å². The van der Waals surface area contributed by atoms with Crippen molar-refractivity contribution in [2.45, 2.75) is 46.0 Å². The minimum absolute atomic E-state index is 0.104. The van der Waals surface area contributed by atoms with E-state index in [9.17, 15) is 9.59 Å². The molecule has 1 aliphatic heterocycles. The monoisotopic (exact) mass is 449 g/mol. The van der Waals surface area contributed by atoms with E-state index in [1.165, 1.54) is 0 Å². The lowest BCUT2D eigenvalue weighted by Crippen LogP contribution is -2.44. The molecule has 0 spiro atoms. The van der Waals surface area contributed by atoms with Crippen molar-refractivity contribution in [2.75, 3.05) is 6.61 Å². The first-order valence-electron chi connectivity index (χ1n) is 11.0. The summed E-state index contributed by atoms with van der Waals surface area (Å²) < 4.78 is 5.68. The van der Waals surface area contributed by atoms with Crippen LogP contribution in [0.25, 0.3) is 0 Å². The van der Waals surface area contributed by atoms with E-state index in [-0.39, 0.29) is 17.8 Å². The summed E-state index contributed by atoms with van der Waals surface area (Å²) in [6.45, 7) is 6.26. The largest absolute Gasteiger partial charge is 0.462 e. The predicted molar refractivity (Wildman–Crippen MR) is 127 cm³/mol. The third-order valence-corrected chi connectivity index (χ3v) is 6.63. The topological polar surface area (TPSA) is 55.7 Å². The molecule has 2 aromatic carbocycles. The molecular weight excluding hydrogens is 422 g/mol. The number of allylic oxidation sites excluding steroid dienone is 1. The van der Waals surface area contributed by atoms with Crippen molar-refractivity contribution < 1.29 is 14.3 Å². The molecule has 2 aliphatic rings. The lowest BCUT2D eigenvalue weighted by Gasteiger charge is -2.41. The van der Waals surface area contributed by atoms with Crippen molar-refractivity contribution >= 4 is 29.1 Å². The number of rotatable bonds is 5. The minimum atomic E-state index is -0.483. The maximum absolute atomic E-state index is 13.3. The molecule has 0 N–H and O–H groups in total. The highest BCUT2D eigenvalue weighted by Gasteiger charge is 2.48. The highest BCUT2D eigenvalue weighted by molar-refractivity contribution is 6.31. The Balaban J connectivity index is 1.69. The average molecular weight is 450 g/mol. The van der Waals surface area contributed by atoms with Crippen LogP contribution in [-0.4, -0.2) is 24.1 Å². The molecule has 4 nitrogen and oxygen atoms in total. The second-order valence-electron chi connectivity index (χ2n) is 9.43. The first-order chi connectivity index (χ1) is 15.3. The number of halogens is 1. The number of fused-ring (bicyclic) bond motifs is 1. The molecule has 32 heavy (non-hydrogen) atoms. The van der Waals surface area contributed by atoms with Gasteiger partial charge in [0.15, 0.2) is 0 Å². The summed E-state index contributed by atoms with van der Waals surface area (Å²) in [5.41, 5.74) is 3.61. The van der Waals surface area contributed by atoms with Crippen LogP contribution in [0.2, 0.25) is 5.02 Å². The third-order valence-electron chi connectivity index (χ3n) is 6.29. The van der Waals surface area contributed by atoms with Crippen LogP contribution in [0.15, 0.2) is 70.9 Å². The first-order valence-corrected chi connectivity index (χ1v) is 11.4. The van der Waals surface area contributed by atoms with Gasteiger partial charge in [-0.2, -0.15) is 0 Å². The van der Waals surface area contributed by atoms with Gasteiger partial charge in [0, 0.05) is 35.2 Å². The van der Waals surface area contributed by atoms with E-state index in [1.807, 2.05) is 55.5 Å². The number of esters is 1. The third kappa shape index (κ3) is 4.56. The van der Waals surface area contributed by atoms with Gasteiger partial charge in [-0.3, -0.25) is 9.79 Å². The van der Waals surface area contributed by atoms with E-state index in [1.54, 1.807) is 6.07 Å². The van der Waals surface area contributed by atoms with Crippen LogP contribution >= 0.6 is 11.6 Å². The Bertz CT molecular complexity index is 1100. The number of nitrogens with zero attached hydrogens (tertiary/aromatic N) is 1. The Morgan fingerprint density at radius 3 is 2.47 bits per heavy atom. The fourth-order valence-electron chi connectivity index (χ4n) is 4.91. The summed E-state index contributed by atoms with van der Waals surface area (Å²) >= 11 is 6.57. The molecule has 1 aliphatic carbocycles. The van der Waals surface area contributed by atoms with Crippen LogP contribution in [0.4, 0.5) is 0 Å². The molecule has 1 heterocycles. The van der Waals surface area contributed by atoms with Gasteiger partial charge in [0.25, 0.3) is 0 Å². The predicted octanol–water partition coefficient (Wildman–Crippen LogP) is 5.94. The van der Waals surface area contributed by atoms with E-state index in [0.29, 0.717) is 29.1 Å². The van der Waals surface area contributed by atoms with Gasteiger partial charge in [0.1, 0.15) is 5.78 Å². The molecular formula is C27H28ClNO3. The van der Waals surface area contributed by atoms with Crippen molar-refractivity contribution in [1.82, 2.24) is 0 Å². The van der Waals surface area contributed by atoms with Gasteiger partial charge in [0.05, 0.1) is 18.1 Å². The number of hydrogen-bond acceptors (Lipinski definition) is 4. The Hall–Kier alpha value is -2.72. The van der Waals surface area contributed by atoms with Gasteiger partial charge in [-0.05, 0) is 36.0 Å². The summed E-state index contributed by atoms with van der Waals surface area (Å²) in [4.78, 5) is 31.4. The molecule has 0 saturated heterocycles. The standard InChI is InChI=1S/C27H28ClNO3/c1-17-23(26(31)32-14-13-18-9-5-4-6-10-18)24(19-11-7-8-12-20(19)28)25-21(29-17)15-27(2,3)16-22(25)30/h4-12,24-25H,13-16H2,1-3H3.